The van der Waals surface area contributed by atoms with Gasteiger partial charge in [0.1, 0.15) is 4.32 Å². The Hall–Kier alpha value is -2.70. The summed E-state index contributed by atoms with van der Waals surface area (Å²) in [5.41, 5.74) is 1.90. The van der Waals surface area contributed by atoms with Crippen molar-refractivity contribution < 1.29 is 9.59 Å². The molecule has 1 N–H and O–H groups in total. The molecule has 4 nitrogen and oxygen atoms in total. The van der Waals surface area contributed by atoms with Crippen molar-refractivity contribution in [3.63, 3.8) is 0 Å². The van der Waals surface area contributed by atoms with Gasteiger partial charge in [0.15, 0.2) is 0 Å². The summed E-state index contributed by atoms with van der Waals surface area (Å²) < 4.78 is 0.598. The van der Waals surface area contributed by atoms with Gasteiger partial charge in [-0.2, -0.15) is 0 Å². The number of carbonyl (C=O) groups excluding carboxylic acids is 2. The van der Waals surface area contributed by atoms with E-state index in [0.29, 0.717) is 22.2 Å². The van der Waals surface area contributed by atoms with E-state index in [0.717, 1.165) is 30.5 Å². The summed E-state index contributed by atoms with van der Waals surface area (Å²) in [7, 11) is 0. The van der Waals surface area contributed by atoms with Crippen molar-refractivity contribution in [1.82, 2.24) is 4.90 Å². The standard InChI is InChI=1S/C24H24N2O2S2/c27-22(25-20-14-6-2-7-15-20)17-8-3-9-18-26-23(28)21(30-24(26)29)16-10-13-19-11-4-1-5-12-19/h1-2,4-7,10-16H,3,8-9,17-18H2,(H,25,27)/b13-10+,21-16-. The van der Waals surface area contributed by atoms with Crippen molar-refractivity contribution in [3.05, 3.63) is 83.3 Å². The van der Waals surface area contributed by atoms with Crippen LogP contribution in [0.5, 0.6) is 0 Å². The second-order valence-corrected chi connectivity index (χ2v) is 8.53. The van der Waals surface area contributed by atoms with E-state index in [1.54, 1.807) is 4.90 Å². The molecule has 154 valence electrons. The number of unbranched alkanes of at least 4 members (excludes halogenated alkanes) is 2. The molecule has 0 saturated carbocycles. The molecule has 0 aliphatic carbocycles. The van der Waals surface area contributed by atoms with E-state index < -0.39 is 0 Å². The minimum atomic E-state index is -0.0375. The average molecular weight is 437 g/mol. The lowest BCUT2D eigenvalue weighted by Crippen LogP contribution is -2.29. The number of para-hydroxylation sites is 1. The Morgan fingerprint density at radius 3 is 2.43 bits per heavy atom. The Kier molecular flexibility index (Phi) is 8.41. The van der Waals surface area contributed by atoms with Gasteiger partial charge in [-0.1, -0.05) is 91.1 Å². The number of nitrogens with zero attached hydrogens (tertiary/aromatic N) is 1. The van der Waals surface area contributed by atoms with Crippen molar-refractivity contribution in [2.45, 2.75) is 25.7 Å². The molecule has 1 saturated heterocycles. The molecular formula is C24H24N2O2S2. The van der Waals surface area contributed by atoms with Crippen LogP contribution in [-0.4, -0.2) is 27.6 Å². The average Bonchev–Trinajstić information content (AvgIpc) is 3.02. The predicted octanol–water partition coefficient (Wildman–Crippen LogP) is 5.64. The van der Waals surface area contributed by atoms with Crippen LogP contribution in [0.4, 0.5) is 5.69 Å². The van der Waals surface area contributed by atoms with Gasteiger partial charge >= 0.3 is 0 Å². The maximum atomic E-state index is 12.6. The number of hydrogen-bond acceptors (Lipinski definition) is 4. The first-order valence-electron chi connectivity index (χ1n) is 9.95. The number of amides is 2. The second kappa shape index (κ2) is 11.5. The molecule has 0 unspecified atom stereocenters. The van der Waals surface area contributed by atoms with Gasteiger partial charge in [-0.25, -0.2) is 0 Å². The molecule has 1 aliphatic rings. The van der Waals surface area contributed by atoms with Crippen LogP contribution in [0, 0.1) is 0 Å². The quantitative estimate of drug-likeness (QED) is 0.314. The van der Waals surface area contributed by atoms with Gasteiger partial charge in [-0.15, -0.1) is 0 Å². The fourth-order valence-corrected chi connectivity index (χ4v) is 4.26. The summed E-state index contributed by atoms with van der Waals surface area (Å²) in [4.78, 5) is 26.9. The summed E-state index contributed by atoms with van der Waals surface area (Å²) in [6, 6.07) is 19.4. The summed E-state index contributed by atoms with van der Waals surface area (Å²) >= 11 is 6.71. The maximum Gasteiger partial charge on any atom is 0.266 e. The number of thioether (sulfide) groups is 1. The molecule has 1 fully saturated rings. The molecule has 1 aliphatic heterocycles. The Morgan fingerprint density at radius 2 is 1.70 bits per heavy atom. The van der Waals surface area contributed by atoms with E-state index in [4.69, 9.17) is 12.2 Å². The van der Waals surface area contributed by atoms with Crippen LogP contribution in [0.15, 0.2) is 77.7 Å². The molecule has 6 heteroatoms. The van der Waals surface area contributed by atoms with Crippen molar-refractivity contribution in [3.8, 4) is 0 Å². The largest absolute Gasteiger partial charge is 0.326 e. The first-order chi connectivity index (χ1) is 14.6. The van der Waals surface area contributed by atoms with Crippen LogP contribution in [0.1, 0.15) is 31.2 Å². The molecule has 2 aromatic rings. The normalized spacial score (nSPS) is 15.3. The van der Waals surface area contributed by atoms with Gasteiger partial charge < -0.3 is 5.32 Å². The number of rotatable bonds is 9. The molecule has 0 spiro atoms. The van der Waals surface area contributed by atoms with Crippen LogP contribution in [0.25, 0.3) is 6.08 Å². The molecule has 2 amide bonds. The first-order valence-corrected chi connectivity index (χ1v) is 11.2. The Bertz CT molecular complexity index is 940. The van der Waals surface area contributed by atoms with Crippen LogP contribution < -0.4 is 5.32 Å². The Morgan fingerprint density at radius 1 is 1.00 bits per heavy atom. The smallest absolute Gasteiger partial charge is 0.266 e. The lowest BCUT2D eigenvalue weighted by atomic mass is 10.1. The topological polar surface area (TPSA) is 49.4 Å². The number of allylic oxidation sites excluding steroid dienone is 2. The Labute approximate surface area is 187 Å². The molecule has 30 heavy (non-hydrogen) atoms. The van der Waals surface area contributed by atoms with Gasteiger partial charge in [0, 0.05) is 18.7 Å². The predicted molar refractivity (Wildman–Crippen MR) is 129 cm³/mol. The van der Waals surface area contributed by atoms with Crippen molar-refractivity contribution in [2.24, 2.45) is 0 Å². The van der Waals surface area contributed by atoms with E-state index in [-0.39, 0.29) is 11.8 Å². The van der Waals surface area contributed by atoms with Gasteiger partial charge in [0.2, 0.25) is 5.91 Å². The fourth-order valence-electron chi connectivity index (χ4n) is 2.99. The molecular weight excluding hydrogens is 412 g/mol. The zero-order valence-corrected chi connectivity index (χ0v) is 18.3. The third-order valence-corrected chi connectivity index (χ3v) is 5.95. The molecule has 0 radical (unpaired) electrons. The highest BCUT2D eigenvalue weighted by atomic mass is 32.2. The van der Waals surface area contributed by atoms with E-state index >= 15 is 0 Å². The molecule has 2 aromatic carbocycles. The van der Waals surface area contributed by atoms with Gasteiger partial charge in [-0.3, -0.25) is 14.5 Å². The number of anilines is 1. The van der Waals surface area contributed by atoms with Crippen LogP contribution in [-0.2, 0) is 9.59 Å². The zero-order valence-electron chi connectivity index (χ0n) is 16.6. The highest BCUT2D eigenvalue weighted by Gasteiger charge is 2.30. The van der Waals surface area contributed by atoms with Crippen molar-refractivity contribution in [1.29, 1.82) is 0 Å². The highest BCUT2D eigenvalue weighted by molar-refractivity contribution is 8.26. The van der Waals surface area contributed by atoms with Crippen LogP contribution >= 0.6 is 24.0 Å². The van der Waals surface area contributed by atoms with Crippen LogP contribution in [0.2, 0.25) is 0 Å². The zero-order chi connectivity index (χ0) is 21.2. The minimum absolute atomic E-state index is 0.0138. The highest BCUT2D eigenvalue weighted by Crippen LogP contribution is 2.31. The molecule has 0 atom stereocenters. The van der Waals surface area contributed by atoms with Crippen LogP contribution in [0.3, 0.4) is 0 Å². The van der Waals surface area contributed by atoms with E-state index in [9.17, 15) is 9.59 Å². The minimum Gasteiger partial charge on any atom is -0.326 e. The summed E-state index contributed by atoms with van der Waals surface area (Å²) in [6.07, 6.45) is 8.60. The fraction of sp³-hybridized carbons (Fsp3) is 0.208. The summed E-state index contributed by atoms with van der Waals surface area (Å²) in [6.45, 7) is 0.588. The third-order valence-electron chi connectivity index (χ3n) is 4.55. The molecule has 0 aromatic heterocycles. The summed E-state index contributed by atoms with van der Waals surface area (Å²) in [5, 5.41) is 2.88. The van der Waals surface area contributed by atoms with E-state index in [1.807, 2.05) is 78.9 Å². The second-order valence-electron chi connectivity index (χ2n) is 6.85. The van der Waals surface area contributed by atoms with Gasteiger partial charge in [0.25, 0.3) is 5.91 Å². The number of nitrogens with one attached hydrogen (secondary N) is 1. The van der Waals surface area contributed by atoms with Gasteiger partial charge in [-0.05, 0) is 36.6 Å². The lowest BCUT2D eigenvalue weighted by Gasteiger charge is -2.14. The molecule has 3 rings (SSSR count). The number of benzene rings is 2. The lowest BCUT2D eigenvalue weighted by molar-refractivity contribution is -0.122. The number of hydrogen-bond donors (Lipinski definition) is 1. The van der Waals surface area contributed by atoms with E-state index in [2.05, 4.69) is 5.32 Å². The molecule has 0 bridgehead atoms. The molecule has 1 heterocycles. The third kappa shape index (κ3) is 6.68. The number of carbonyl (C=O) groups is 2. The maximum absolute atomic E-state index is 12.6. The monoisotopic (exact) mass is 436 g/mol. The number of thiocarbonyl (C=S) groups is 1. The van der Waals surface area contributed by atoms with Gasteiger partial charge in [0.05, 0.1) is 4.91 Å². The van der Waals surface area contributed by atoms with Crippen molar-refractivity contribution in [2.75, 3.05) is 11.9 Å². The summed E-state index contributed by atoms with van der Waals surface area (Å²) in [5.74, 6) is -0.0236. The van der Waals surface area contributed by atoms with E-state index in [1.165, 1.54) is 11.8 Å². The van der Waals surface area contributed by atoms with Crippen molar-refractivity contribution >= 4 is 51.9 Å². The SMILES string of the molecule is O=C(CCCCCN1C(=O)/C(=C/C=C/c2ccccc2)SC1=S)Nc1ccccc1. The Balaban J connectivity index is 1.38. The first kappa shape index (κ1) is 22.0.